The molecule has 2 heterocycles. The number of carbonyl (C=O) groups excluding carboxylic acids is 1. The van der Waals surface area contributed by atoms with Gasteiger partial charge in [0.1, 0.15) is 5.56 Å². The lowest BCUT2D eigenvalue weighted by Crippen LogP contribution is -2.16. The van der Waals surface area contributed by atoms with Gasteiger partial charge in [0.25, 0.3) is 5.91 Å². The van der Waals surface area contributed by atoms with Crippen molar-refractivity contribution in [3.8, 4) is 11.3 Å². The highest BCUT2D eigenvalue weighted by Gasteiger charge is 2.36. The molecule has 0 aliphatic carbocycles. The number of fused-ring (bicyclic) bond motifs is 1. The largest absolute Gasteiger partial charge is 0.433 e. The van der Waals surface area contributed by atoms with Crippen LogP contribution in [-0.4, -0.2) is 20.5 Å². The molecule has 0 spiro atoms. The zero-order valence-electron chi connectivity index (χ0n) is 16.2. The van der Waals surface area contributed by atoms with Crippen LogP contribution in [0.1, 0.15) is 27.2 Å². The van der Waals surface area contributed by atoms with Crippen LogP contribution in [-0.2, 0) is 6.18 Å². The van der Waals surface area contributed by atoms with Crippen LogP contribution in [0.4, 0.5) is 18.9 Å². The van der Waals surface area contributed by atoms with Crippen molar-refractivity contribution in [2.24, 2.45) is 0 Å². The number of amides is 1. The monoisotopic (exact) mass is 410 g/mol. The van der Waals surface area contributed by atoms with Gasteiger partial charge in [0.05, 0.1) is 11.9 Å². The highest BCUT2D eigenvalue weighted by molar-refractivity contribution is 6.08. The third kappa shape index (κ3) is 3.63. The predicted octanol–water partition coefficient (Wildman–Crippen LogP) is 5.28. The van der Waals surface area contributed by atoms with E-state index in [1.165, 1.54) is 0 Å². The fraction of sp³-hybridized carbons (Fsp3) is 0.136. The van der Waals surface area contributed by atoms with E-state index in [1.807, 2.05) is 19.9 Å². The molecule has 1 N–H and O–H groups in total. The molecule has 1 amide bonds. The summed E-state index contributed by atoms with van der Waals surface area (Å²) in [5.41, 5.74) is 1.99. The molecule has 0 unspecified atom stereocenters. The summed E-state index contributed by atoms with van der Waals surface area (Å²) in [5, 5.41) is 6.50. The fourth-order valence-electron chi connectivity index (χ4n) is 3.10. The smallest absolute Gasteiger partial charge is 0.322 e. The molecule has 4 aromatic rings. The van der Waals surface area contributed by atoms with Crippen molar-refractivity contribution < 1.29 is 18.0 Å². The number of alkyl halides is 3. The topological polar surface area (TPSA) is 59.3 Å². The van der Waals surface area contributed by atoms with E-state index >= 15 is 0 Å². The predicted molar refractivity (Wildman–Crippen MR) is 107 cm³/mol. The number of rotatable bonds is 3. The molecule has 30 heavy (non-hydrogen) atoms. The molecule has 0 bridgehead atoms. The second-order valence-corrected chi connectivity index (χ2v) is 6.94. The van der Waals surface area contributed by atoms with E-state index < -0.39 is 17.8 Å². The Bertz CT molecular complexity index is 1250. The number of nitrogens with one attached hydrogen (secondary N) is 1. The SMILES string of the molecule is Cc1ccc(NC(=O)c2cnn3c(C(F)(F)F)cc(-c4ccccc4)nc23)cc1C. The van der Waals surface area contributed by atoms with Gasteiger partial charge in [0, 0.05) is 11.3 Å². The molecule has 2 aromatic carbocycles. The first-order valence-electron chi connectivity index (χ1n) is 9.14. The van der Waals surface area contributed by atoms with Crippen molar-refractivity contribution >= 4 is 17.2 Å². The van der Waals surface area contributed by atoms with Gasteiger partial charge in [-0.2, -0.15) is 18.3 Å². The third-order valence-corrected chi connectivity index (χ3v) is 4.84. The third-order valence-electron chi connectivity index (χ3n) is 4.84. The van der Waals surface area contributed by atoms with Crippen molar-refractivity contribution in [1.82, 2.24) is 14.6 Å². The van der Waals surface area contributed by atoms with Crippen molar-refractivity contribution in [2.45, 2.75) is 20.0 Å². The maximum Gasteiger partial charge on any atom is 0.433 e. The molecule has 0 atom stereocenters. The standard InChI is InChI=1S/C22H17F3N4O/c1-13-8-9-16(10-14(13)2)27-21(30)17-12-26-29-19(22(23,24)25)11-18(28-20(17)29)15-6-4-3-5-7-15/h3-12H,1-2H3,(H,27,30). The van der Waals surface area contributed by atoms with E-state index in [0.29, 0.717) is 15.8 Å². The number of carbonyl (C=O) groups is 1. The second kappa shape index (κ2) is 7.29. The maximum absolute atomic E-state index is 13.7. The van der Waals surface area contributed by atoms with E-state index in [9.17, 15) is 18.0 Å². The Morgan fingerprint density at radius 1 is 1.00 bits per heavy atom. The van der Waals surface area contributed by atoms with Crippen LogP contribution in [0.5, 0.6) is 0 Å². The molecule has 4 rings (SSSR count). The van der Waals surface area contributed by atoms with Crippen LogP contribution >= 0.6 is 0 Å². The normalized spacial score (nSPS) is 11.6. The van der Waals surface area contributed by atoms with Crippen molar-refractivity contribution in [3.63, 3.8) is 0 Å². The Morgan fingerprint density at radius 3 is 2.40 bits per heavy atom. The summed E-state index contributed by atoms with van der Waals surface area (Å²) >= 11 is 0. The average Bonchev–Trinajstić information content (AvgIpc) is 3.14. The minimum Gasteiger partial charge on any atom is -0.322 e. The van der Waals surface area contributed by atoms with E-state index in [2.05, 4.69) is 15.4 Å². The van der Waals surface area contributed by atoms with Gasteiger partial charge in [0.15, 0.2) is 11.3 Å². The van der Waals surface area contributed by atoms with Crippen molar-refractivity contribution in [3.05, 3.63) is 83.2 Å². The van der Waals surface area contributed by atoms with Gasteiger partial charge in [-0.25, -0.2) is 9.50 Å². The lowest BCUT2D eigenvalue weighted by molar-refractivity contribution is -0.142. The van der Waals surface area contributed by atoms with Gasteiger partial charge in [-0.05, 0) is 43.2 Å². The van der Waals surface area contributed by atoms with Crippen molar-refractivity contribution in [2.75, 3.05) is 5.32 Å². The number of hydrogen-bond acceptors (Lipinski definition) is 3. The number of benzene rings is 2. The Balaban J connectivity index is 1.82. The van der Waals surface area contributed by atoms with Crippen LogP contribution in [0.2, 0.25) is 0 Å². The number of hydrogen-bond donors (Lipinski definition) is 1. The Kier molecular flexibility index (Phi) is 4.77. The van der Waals surface area contributed by atoms with E-state index in [4.69, 9.17) is 0 Å². The first kappa shape index (κ1) is 19.6. The number of halogens is 3. The summed E-state index contributed by atoms with van der Waals surface area (Å²) in [5.74, 6) is -0.584. The fourth-order valence-corrected chi connectivity index (χ4v) is 3.10. The summed E-state index contributed by atoms with van der Waals surface area (Å²) in [4.78, 5) is 17.1. The van der Waals surface area contributed by atoms with Crippen LogP contribution in [0.15, 0.2) is 60.8 Å². The van der Waals surface area contributed by atoms with Gasteiger partial charge in [0.2, 0.25) is 0 Å². The summed E-state index contributed by atoms with van der Waals surface area (Å²) in [6, 6.07) is 14.8. The second-order valence-electron chi connectivity index (χ2n) is 6.94. The van der Waals surface area contributed by atoms with E-state index in [1.54, 1.807) is 42.5 Å². The quantitative estimate of drug-likeness (QED) is 0.500. The Morgan fingerprint density at radius 2 is 1.73 bits per heavy atom. The molecular weight excluding hydrogens is 393 g/mol. The van der Waals surface area contributed by atoms with Crippen LogP contribution in [0.25, 0.3) is 16.9 Å². The highest BCUT2D eigenvalue weighted by atomic mass is 19.4. The van der Waals surface area contributed by atoms with Crippen LogP contribution < -0.4 is 5.32 Å². The summed E-state index contributed by atoms with van der Waals surface area (Å²) in [6.45, 7) is 3.85. The van der Waals surface area contributed by atoms with Crippen molar-refractivity contribution in [1.29, 1.82) is 0 Å². The molecule has 0 radical (unpaired) electrons. The molecule has 0 aliphatic heterocycles. The molecule has 0 saturated carbocycles. The molecule has 152 valence electrons. The van der Waals surface area contributed by atoms with Gasteiger partial charge < -0.3 is 5.32 Å². The number of nitrogens with zero attached hydrogens (tertiary/aromatic N) is 3. The first-order chi connectivity index (χ1) is 14.2. The summed E-state index contributed by atoms with van der Waals surface area (Å²) in [7, 11) is 0. The number of anilines is 1. The summed E-state index contributed by atoms with van der Waals surface area (Å²) < 4.78 is 41.6. The highest BCUT2D eigenvalue weighted by Crippen LogP contribution is 2.32. The van der Waals surface area contributed by atoms with E-state index in [-0.39, 0.29) is 16.9 Å². The molecule has 0 aliphatic rings. The molecular formula is C22H17F3N4O. The Hall–Kier alpha value is -3.68. The molecule has 2 aromatic heterocycles. The lowest BCUT2D eigenvalue weighted by Gasteiger charge is -2.12. The minimum absolute atomic E-state index is 0.0449. The first-order valence-corrected chi connectivity index (χ1v) is 9.14. The summed E-state index contributed by atoms with van der Waals surface area (Å²) in [6.07, 6.45) is -3.57. The van der Waals surface area contributed by atoms with Gasteiger partial charge in [-0.15, -0.1) is 0 Å². The van der Waals surface area contributed by atoms with Crippen LogP contribution in [0, 0.1) is 13.8 Å². The average molecular weight is 410 g/mol. The zero-order valence-corrected chi connectivity index (χ0v) is 16.2. The minimum atomic E-state index is -4.67. The van der Waals surface area contributed by atoms with E-state index in [0.717, 1.165) is 23.4 Å². The molecule has 0 fully saturated rings. The van der Waals surface area contributed by atoms with Gasteiger partial charge >= 0.3 is 6.18 Å². The molecule has 8 heteroatoms. The number of aryl methyl sites for hydroxylation is 2. The van der Waals surface area contributed by atoms with Crippen LogP contribution in [0.3, 0.4) is 0 Å². The Labute approximate surface area is 170 Å². The number of aromatic nitrogens is 3. The van der Waals surface area contributed by atoms with Gasteiger partial charge in [-0.3, -0.25) is 4.79 Å². The molecule has 5 nitrogen and oxygen atoms in total. The molecule has 0 saturated heterocycles. The maximum atomic E-state index is 13.7. The van der Waals surface area contributed by atoms with Gasteiger partial charge in [-0.1, -0.05) is 36.4 Å². The zero-order chi connectivity index (χ0) is 21.5. The lowest BCUT2D eigenvalue weighted by atomic mass is 10.1.